The number of amides is 1. The van der Waals surface area contributed by atoms with E-state index in [0.717, 1.165) is 12.0 Å². The fraction of sp³-hybridized carbons (Fsp3) is 0.516. The van der Waals surface area contributed by atoms with E-state index in [-0.39, 0.29) is 5.75 Å². The molecule has 0 unspecified atom stereocenters. The Balaban J connectivity index is 0.000000620. The monoisotopic (exact) mass is 592 g/mol. The number of carbonyl (C=O) groups is 3. The third-order valence-corrected chi connectivity index (χ3v) is 4.33. The molecule has 0 radical (unpaired) electrons. The van der Waals surface area contributed by atoms with Crippen molar-refractivity contribution >= 4 is 18.4 Å². The Morgan fingerprint density at radius 3 is 1.33 bits per heavy atom. The molecule has 2 aromatic carbocycles. The molecule has 236 valence electrons. The van der Waals surface area contributed by atoms with E-state index >= 15 is 0 Å². The summed E-state index contributed by atoms with van der Waals surface area (Å²) < 4.78 is 18.9. The van der Waals surface area contributed by atoms with Gasteiger partial charge in [0.1, 0.15) is 28.3 Å². The maximum Gasteiger partial charge on any atom is 0.519 e. The van der Waals surface area contributed by atoms with Gasteiger partial charge in [0.25, 0.3) is 0 Å². The lowest BCUT2D eigenvalue weighted by molar-refractivity contribution is -0.0294. The molecule has 5 N–H and O–H groups in total. The van der Waals surface area contributed by atoms with Gasteiger partial charge in [0.15, 0.2) is 0 Å². The largest absolute Gasteiger partial charge is 0.519 e. The summed E-state index contributed by atoms with van der Waals surface area (Å²) in [6, 6.07) is 14.0. The molecule has 2 aromatic rings. The number of benzene rings is 2. The molecule has 0 aliphatic heterocycles. The van der Waals surface area contributed by atoms with E-state index in [9.17, 15) is 14.4 Å². The van der Waals surface area contributed by atoms with Gasteiger partial charge in [-0.1, -0.05) is 24.3 Å². The van der Waals surface area contributed by atoms with Crippen LogP contribution >= 0.6 is 0 Å². The van der Waals surface area contributed by atoms with Gasteiger partial charge < -0.3 is 40.2 Å². The number of phenolic OH excluding ortho intramolecular Hbond substituents is 2. The molecule has 0 aliphatic carbocycles. The summed E-state index contributed by atoms with van der Waals surface area (Å²) >= 11 is 0. The highest BCUT2D eigenvalue weighted by molar-refractivity contribution is 5.77. The molecule has 0 heterocycles. The fourth-order valence-corrected chi connectivity index (χ4v) is 2.72. The fourth-order valence-electron chi connectivity index (χ4n) is 2.72. The number of aromatic hydroxyl groups is 2. The van der Waals surface area contributed by atoms with Crippen LogP contribution in [0.25, 0.3) is 0 Å². The van der Waals surface area contributed by atoms with E-state index in [0.29, 0.717) is 25.3 Å². The van der Waals surface area contributed by atoms with Crippen molar-refractivity contribution < 1.29 is 43.5 Å². The van der Waals surface area contributed by atoms with Gasteiger partial charge in [-0.15, -0.1) is 0 Å². The summed E-state index contributed by atoms with van der Waals surface area (Å²) in [6.45, 7) is 16.7. The first-order valence-electron chi connectivity index (χ1n) is 13.6. The Morgan fingerprint density at radius 2 is 1.00 bits per heavy atom. The molecule has 0 atom stereocenters. The second-order valence-corrected chi connectivity index (χ2v) is 12.1. The topological polar surface area (TPSA) is 167 Å². The minimum absolute atomic E-state index is 0.244. The molecular weight excluding hydrogens is 544 g/mol. The maximum absolute atomic E-state index is 11.3. The predicted octanol–water partition coefficient (Wildman–Crippen LogP) is 6.23. The highest BCUT2D eigenvalue weighted by atomic mass is 16.8. The van der Waals surface area contributed by atoms with Gasteiger partial charge in [-0.2, -0.15) is 0 Å². The summed E-state index contributed by atoms with van der Waals surface area (Å²) in [5, 5.41) is 20.7. The lowest BCUT2D eigenvalue weighted by Gasteiger charge is -2.20. The molecule has 2 rings (SSSR count). The highest BCUT2D eigenvalue weighted by Crippen LogP contribution is 2.12. The number of ether oxygens (including phenoxy) is 4. The molecule has 0 bridgehead atoms. The van der Waals surface area contributed by atoms with Crippen molar-refractivity contribution in [3.05, 3.63) is 59.7 Å². The molecule has 0 saturated carbocycles. The lowest BCUT2D eigenvalue weighted by atomic mass is 10.1. The van der Waals surface area contributed by atoms with Crippen molar-refractivity contribution in [1.29, 1.82) is 0 Å². The number of nitrogens with one attached hydrogen (secondary N) is 1. The Morgan fingerprint density at radius 1 is 0.643 bits per heavy atom. The predicted molar refractivity (Wildman–Crippen MR) is 160 cm³/mol. The number of carbonyl (C=O) groups excluding carboxylic acids is 3. The zero-order chi connectivity index (χ0) is 32.6. The van der Waals surface area contributed by atoms with Gasteiger partial charge in [0.05, 0.1) is 0 Å². The van der Waals surface area contributed by atoms with Crippen molar-refractivity contribution in [1.82, 2.24) is 5.32 Å². The second-order valence-electron chi connectivity index (χ2n) is 12.1. The van der Waals surface area contributed by atoms with Crippen molar-refractivity contribution in [2.45, 2.75) is 92.0 Å². The van der Waals surface area contributed by atoms with Crippen molar-refractivity contribution in [3.63, 3.8) is 0 Å². The number of phenols is 2. The van der Waals surface area contributed by atoms with Crippen molar-refractivity contribution in [3.8, 4) is 11.5 Å². The first kappa shape index (κ1) is 38.0. The smallest absolute Gasteiger partial charge is 0.508 e. The van der Waals surface area contributed by atoms with Gasteiger partial charge >= 0.3 is 18.4 Å². The van der Waals surface area contributed by atoms with E-state index in [2.05, 4.69) is 10.1 Å². The van der Waals surface area contributed by atoms with Crippen molar-refractivity contribution in [2.24, 2.45) is 5.73 Å². The van der Waals surface area contributed by atoms with E-state index in [4.69, 9.17) is 30.2 Å². The van der Waals surface area contributed by atoms with E-state index in [1.165, 1.54) is 5.56 Å². The molecule has 0 saturated heterocycles. The highest BCUT2D eigenvalue weighted by Gasteiger charge is 2.24. The molecular formula is C31H48N2O9. The molecule has 11 nitrogen and oxygen atoms in total. The van der Waals surface area contributed by atoms with E-state index < -0.39 is 35.2 Å². The third-order valence-electron chi connectivity index (χ3n) is 4.33. The number of hydrogen-bond acceptors (Lipinski definition) is 10. The average Bonchev–Trinajstić information content (AvgIpc) is 2.79. The Labute approximate surface area is 249 Å². The van der Waals surface area contributed by atoms with Crippen LogP contribution in [0, 0.1) is 0 Å². The second kappa shape index (κ2) is 17.7. The van der Waals surface area contributed by atoms with Crippen LogP contribution in [0.5, 0.6) is 11.5 Å². The average molecular weight is 593 g/mol. The number of nitrogens with two attached hydrogens (primary N) is 1. The molecule has 11 heteroatoms. The third kappa shape index (κ3) is 22.8. The molecule has 0 aromatic heterocycles. The zero-order valence-electron chi connectivity index (χ0n) is 26.3. The van der Waals surface area contributed by atoms with Crippen LogP contribution < -0.4 is 11.1 Å². The van der Waals surface area contributed by atoms with Crippen LogP contribution in [-0.2, 0) is 31.8 Å². The van der Waals surface area contributed by atoms with Crippen LogP contribution in [0.3, 0.4) is 0 Å². The minimum Gasteiger partial charge on any atom is -0.508 e. The van der Waals surface area contributed by atoms with Gasteiger partial charge in [-0.05, 0) is 117 Å². The summed E-state index contributed by atoms with van der Waals surface area (Å²) in [6.07, 6.45) is -0.940. The summed E-state index contributed by atoms with van der Waals surface area (Å²) in [5.74, 6) is 0.551. The maximum atomic E-state index is 11.3. The van der Waals surface area contributed by atoms with Crippen molar-refractivity contribution in [2.75, 3.05) is 13.1 Å². The zero-order valence-corrected chi connectivity index (χ0v) is 26.3. The van der Waals surface area contributed by atoms with Gasteiger partial charge in [0, 0.05) is 6.54 Å². The van der Waals surface area contributed by atoms with Gasteiger partial charge in [-0.25, -0.2) is 14.4 Å². The minimum atomic E-state index is -1.06. The van der Waals surface area contributed by atoms with Crippen LogP contribution in [0.15, 0.2) is 48.5 Å². The molecule has 0 spiro atoms. The van der Waals surface area contributed by atoms with Crippen LogP contribution in [0.1, 0.15) is 73.4 Å². The van der Waals surface area contributed by atoms with Gasteiger partial charge in [-0.3, -0.25) is 0 Å². The van der Waals surface area contributed by atoms with Crippen LogP contribution in [-0.4, -0.2) is 58.5 Å². The lowest BCUT2D eigenvalue weighted by Crippen LogP contribution is -2.33. The normalized spacial score (nSPS) is 11.0. The van der Waals surface area contributed by atoms with Gasteiger partial charge in [0.2, 0.25) is 0 Å². The van der Waals surface area contributed by atoms with Crippen LogP contribution in [0.2, 0.25) is 0 Å². The molecule has 0 aliphatic rings. The summed E-state index contributed by atoms with van der Waals surface area (Å²) in [4.78, 5) is 33.3. The first-order chi connectivity index (χ1) is 19.2. The standard InChI is InChI=1S/C13H19NO3.C10H18O5.C8H11NO/c1-13(2,3)17-12(16)14-9-8-10-4-6-11(15)7-5-10;1-9(2,3)14-7(11)13-8(12)15-10(4,5)6;9-6-5-7-1-3-8(10)4-2-7/h4-7,15H,8-9H2,1-3H3,(H,14,16);1-6H3;1-4,10H,5-6,9H2. The Hall–Kier alpha value is -3.99. The van der Waals surface area contributed by atoms with E-state index in [1.807, 2.05) is 45.0 Å². The number of rotatable bonds is 5. The summed E-state index contributed by atoms with van der Waals surface area (Å²) in [5.41, 5.74) is 5.70. The van der Waals surface area contributed by atoms with E-state index in [1.54, 1.807) is 65.8 Å². The molecule has 1 amide bonds. The van der Waals surface area contributed by atoms with Crippen LogP contribution in [0.4, 0.5) is 14.4 Å². The Kier molecular flexibility index (Phi) is 16.1. The molecule has 0 fully saturated rings. The SMILES string of the molecule is CC(C)(C)OC(=O)NCCc1ccc(O)cc1.CC(C)(C)OC(=O)OC(=O)OC(C)(C)C.NCCc1ccc(O)cc1. The number of hydrogen-bond donors (Lipinski definition) is 4. The summed E-state index contributed by atoms with van der Waals surface area (Å²) in [7, 11) is 0. The molecule has 42 heavy (non-hydrogen) atoms. The first-order valence-corrected chi connectivity index (χ1v) is 13.6. The Bertz CT molecular complexity index is 1050. The quantitative estimate of drug-likeness (QED) is 0.178. The number of alkyl carbamates (subject to hydrolysis) is 1.